The molecule has 0 spiro atoms. The highest BCUT2D eigenvalue weighted by atomic mass is 19.1. The maximum atomic E-state index is 13.2. The molecule has 0 radical (unpaired) electrons. The predicted molar refractivity (Wildman–Crippen MR) is 66.6 cm³/mol. The number of carboxylic acid groups (broad SMARTS) is 1. The number of amides is 1. The number of hydrogen-bond donors (Lipinski definition) is 1. The minimum atomic E-state index is -1.13. The first-order valence-corrected chi connectivity index (χ1v) is 5.72. The van der Waals surface area contributed by atoms with E-state index in [1.54, 1.807) is 6.92 Å². The second-order valence-corrected chi connectivity index (χ2v) is 4.07. The predicted octanol–water partition coefficient (Wildman–Crippen LogP) is 1.31. The summed E-state index contributed by atoms with van der Waals surface area (Å²) in [5.74, 6) is -2.18. The lowest BCUT2D eigenvalue weighted by atomic mass is 10.1. The number of carbonyl (C=O) groups excluding carboxylic acids is 1. The molecule has 6 heteroatoms. The van der Waals surface area contributed by atoms with Crippen molar-refractivity contribution in [2.75, 3.05) is 26.8 Å². The van der Waals surface area contributed by atoms with Crippen molar-refractivity contribution in [3.63, 3.8) is 0 Å². The number of aryl methyl sites for hydroxylation is 1. The van der Waals surface area contributed by atoms with Crippen LogP contribution in [0.25, 0.3) is 0 Å². The van der Waals surface area contributed by atoms with Gasteiger partial charge in [-0.2, -0.15) is 0 Å². The Morgan fingerprint density at radius 1 is 1.42 bits per heavy atom. The first-order valence-electron chi connectivity index (χ1n) is 5.72. The van der Waals surface area contributed by atoms with Crippen LogP contribution in [0.3, 0.4) is 0 Å². The van der Waals surface area contributed by atoms with Crippen molar-refractivity contribution in [1.29, 1.82) is 0 Å². The number of nitrogens with zero attached hydrogens (tertiary/aromatic N) is 1. The van der Waals surface area contributed by atoms with Crippen LogP contribution in [-0.2, 0) is 9.53 Å². The van der Waals surface area contributed by atoms with E-state index in [4.69, 9.17) is 9.84 Å². The van der Waals surface area contributed by atoms with Crippen LogP contribution in [0.5, 0.6) is 0 Å². The highest BCUT2D eigenvalue weighted by Crippen LogP contribution is 2.13. The average molecular weight is 269 g/mol. The Balaban J connectivity index is 2.97. The number of aliphatic carboxylic acids is 1. The summed E-state index contributed by atoms with van der Waals surface area (Å²) < 4.78 is 18.0. The Hall–Kier alpha value is -1.95. The fourth-order valence-electron chi connectivity index (χ4n) is 1.61. The molecule has 5 nitrogen and oxygen atoms in total. The number of carbonyl (C=O) groups is 2. The highest BCUT2D eigenvalue weighted by molar-refractivity contribution is 5.97. The molecule has 0 bridgehead atoms. The van der Waals surface area contributed by atoms with E-state index in [2.05, 4.69) is 0 Å². The molecule has 0 heterocycles. The molecular formula is C13H16FNO4. The molecule has 1 aromatic carbocycles. The number of carboxylic acids is 1. The molecule has 1 amide bonds. The van der Waals surface area contributed by atoms with E-state index in [-0.39, 0.29) is 18.7 Å². The van der Waals surface area contributed by atoms with Crippen molar-refractivity contribution < 1.29 is 23.8 Å². The van der Waals surface area contributed by atoms with Gasteiger partial charge in [-0.25, -0.2) is 4.39 Å². The van der Waals surface area contributed by atoms with Crippen LogP contribution in [0.15, 0.2) is 18.2 Å². The van der Waals surface area contributed by atoms with Gasteiger partial charge in [0.1, 0.15) is 12.4 Å². The minimum Gasteiger partial charge on any atom is -0.480 e. The zero-order chi connectivity index (χ0) is 14.4. The van der Waals surface area contributed by atoms with E-state index < -0.39 is 24.2 Å². The van der Waals surface area contributed by atoms with Crippen LogP contribution in [0.1, 0.15) is 15.9 Å². The second-order valence-electron chi connectivity index (χ2n) is 4.07. The normalized spacial score (nSPS) is 10.3. The van der Waals surface area contributed by atoms with Crippen molar-refractivity contribution >= 4 is 11.9 Å². The van der Waals surface area contributed by atoms with Gasteiger partial charge in [0.15, 0.2) is 0 Å². The van der Waals surface area contributed by atoms with Gasteiger partial charge in [0.05, 0.1) is 6.61 Å². The summed E-state index contributed by atoms with van der Waals surface area (Å²) in [4.78, 5) is 24.1. The SMILES string of the molecule is COCCN(CC(=O)O)C(=O)c1cc(F)ccc1C. The van der Waals surface area contributed by atoms with Gasteiger partial charge in [-0.15, -0.1) is 0 Å². The third-order valence-electron chi connectivity index (χ3n) is 2.61. The van der Waals surface area contributed by atoms with Crippen molar-refractivity contribution in [2.24, 2.45) is 0 Å². The van der Waals surface area contributed by atoms with E-state index in [0.717, 1.165) is 11.0 Å². The summed E-state index contributed by atoms with van der Waals surface area (Å²) in [6.07, 6.45) is 0. The van der Waals surface area contributed by atoms with Crippen molar-refractivity contribution in [2.45, 2.75) is 6.92 Å². The van der Waals surface area contributed by atoms with Crippen LogP contribution in [-0.4, -0.2) is 48.7 Å². The van der Waals surface area contributed by atoms with E-state index in [9.17, 15) is 14.0 Å². The summed E-state index contributed by atoms with van der Waals surface area (Å²) in [7, 11) is 1.46. The van der Waals surface area contributed by atoms with Gasteiger partial charge in [-0.1, -0.05) is 6.07 Å². The number of rotatable bonds is 6. The van der Waals surface area contributed by atoms with E-state index in [0.29, 0.717) is 5.56 Å². The summed E-state index contributed by atoms with van der Waals surface area (Å²) in [5.41, 5.74) is 0.761. The zero-order valence-electron chi connectivity index (χ0n) is 10.9. The number of halogens is 1. The lowest BCUT2D eigenvalue weighted by Gasteiger charge is -2.21. The average Bonchev–Trinajstić information content (AvgIpc) is 2.36. The molecule has 1 N–H and O–H groups in total. The van der Waals surface area contributed by atoms with Gasteiger partial charge >= 0.3 is 5.97 Å². The third kappa shape index (κ3) is 4.33. The maximum absolute atomic E-state index is 13.2. The standard InChI is InChI=1S/C13H16FNO4/c1-9-3-4-10(14)7-11(9)13(18)15(5-6-19-2)8-12(16)17/h3-4,7H,5-6,8H2,1-2H3,(H,16,17). The topological polar surface area (TPSA) is 66.8 Å². The molecule has 0 saturated heterocycles. The van der Waals surface area contributed by atoms with Crippen LogP contribution >= 0.6 is 0 Å². The molecule has 0 aliphatic rings. The molecule has 0 aliphatic heterocycles. The number of benzene rings is 1. The van der Waals surface area contributed by atoms with Crippen LogP contribution in [0.4, 0.5) is 4.39 Å². The summed E-state index contributed by atoms with van der Waals surface area (Å²) in [6, 6.07) is 3.85. The second kappa shape index (κ2) is 6.84. The van der Waals surface area contributed by atoms with Crippen LogP contribution in [0.2, 0.25) is 0 Å². The smallest absolute Gasteiger partial charge is 0.323 e. The van der Waals surface area contributed by atoms with Crippen molar-refractivity contribution in [1.82, 2.24) is 4.90 Å². The monoisotopic (exact) mass is 269 g/mol. The van der Waals surface area contributed by atoms with E-state index >= 15 is 0 Å². The fraction of sp³-hybridized carbons (Fsp3) is 0.385. The Kier molecular flexibility index (Phi) is 5.44. The van der Waals surface area contributed by atoms with Gasteiger partial charge in [-0.3, -0.25) is 9.59 Å². The zero-order valence-corrected chi connectivity index (χ0v) is 10.9. The largest absolute Gasteiger partial charge is 0.480 e. The molecular weight excluding hydrogens is 253 g/mol. The van der Waals surface area contributed by atoms with Gasteiger partial charge in [0.25, 0.3) is 5.91 Å². The number of ether oxygens (including phenoxy) is 1. The van der Waals surface area contributed by atoms with Crippen molar-refractivity contribution in [3.05, 3.63) is 35.1 Å². The molecule has 0 fully saturated rings. The molecule has 19 heavy (non-hydrogen) atoms. The molecule has 0 aliphatic carbocycles. The van der Waals surface area contributed by atoms with E-state index in [1.165, 1.54) is 19.2 Å². The molecule has 1 aromatic rings. The van der Waals surface area contributed by atoms with Gasteiger partial charge in [-0.05, 0) is 24.6 Å². The minimum absolute atomic E-state index is 0.136. The molecule has 1 rings (SSSR count). The van der Waals surface area contributed by atoms with Gasteiger partial charge in [0.2, 0.25) is 0 Å². The quantitative estimate of drug-likeness (QED) is 0.845. The lowest BCUT2D eigenvalue weighted by molar-refractivity contribution is -0.137. The molecule has 0 atom stereocenters. The summed E-state index contributed by atoms with van der Waals surface area (Å²) in [6.45, 7) is 1.57. The van der Waals surface area contributed by atoms with Gasteiger partial charge in [0, 0.05) is 19.2 Å². The number of hydrogen-bond acceptors (Lipinski definition) is 3. The molecule has 104 valence electrons. The lowest BCUT2D eigenvalue weighted by Crippen LogP contribution is -2.38. The number of methoxy groups -OCH3 is 1. The van der Waals surface area contributed by atoms with E-state index in [1.807, 2.05) is 0 Å². The Morgan fingerprint density at radius 3 is 2.68 bits per heavy atom. The van der Waals surface area contributed by atoms with Gasteiger partial charge < -0.3 is 14.7 Å². The molecule has 0 saturated carbocycles. The van der Waals surface area contributed by atoms with Crippen molar-refractivity contribution in [3.8, 4) is 0 Å². The summed E-state index contributed by atoms with van der Waals surface area (Å²) >= 11 is 0. The Morgan fingerprint density at radius 2 is 2.11 bits per heavy atom. The fourth-order valence-corrected chi connectivity index (χ4v) is 1.61. The summed E-state index contributed by atoms with van der Waals surface area (Å²) in [5, 5.41) is 8.79. The molecule has 0 unspecified atom stereocenters. The maximum Gasteiger partial charge on any atom is 0.323 e. The first-order chi connectivity index (χ1) is 8.95. The molecule has 0 aromatic heterocycles. The Bertz CT molecular complexity index is 476. The van der Waals surface area contributed by atoms with Crippen LogP contribution in [0, 0.1) is 12.7 Å². The third-order valence-corrected chi connectivity index (χ3v) is 2.61. The van der Waals surface area contributed by atoms with Crippen LogP contribution < -0.4 is 0 Å². The highest BCUT2D eigenvalue weighted by Gasteiger charge is 2.20. The first kappa shape index (κ1) is 15.1. The Labute approximate surface area is 110 Å².